The van der Waals surface area contributed by atoms with Crippen molar-refractivity contribution in [2.24, 2.45) is 4.99 Å². The summed E-state index contributed by atoms with van der Waals surface area (Å²) in [7, 11) is 1.59. The van der Waals surface area contributed by atoms with Crippen molar-refractivity contribution in [2.45, 2.75) is 5.50 Å². The molecule has 0 saturated carbocycles. The Balaban J connectivity index is 2.10. The van der Waals surface area contributed by atoms with Gasteiger partial charge in [-0.25, -0.2) is 4.99 Å². The highest BCUT2D eigenvalue weighted by molar-refractivity contribution is 7.80. The number of ether oxygens (including phenoxy) is 2. The molecule has 6 heteroatoms. The van der Waals surface area contributed by atoms with Crippen molar-refractivity contribution >= 4 is 30.5 Å². The van der Waals surface area contributed by atoms with Gasteiger partial charge in [-0.1, -0.05) is 0 Å². The third-order valence-electron chi connectivity index (χ3n) is 2.70. The molecule has 1 unspecified atom stereocenters. The zero-order valence-corrected chi connectivity index (χ0v) is 10.4. The summed E-state index contributed by atoms with van der Waals surface area (Å²) in [5, 5.41) is 2.60. The molecule has 0 aromatic heterocycles. The van der Waals surface area contributed by atoms with Crippen LogP contribution in [0.15, 0.2) is 28.8 Å². The van der Waals surface area contributed by atoms with Gasteiger partial charge in [-0.2, -0.15) is 0 Å². The van der Waals surface area contributed by atoms with Crippen LogP contribution < -0.4 is 14.8 Å². The molecule has 2 aliphatic rings. The minimum Gasteiger partial charge on any atom is -0.497 e. The molecule has 0 fully saturated rings. The first-order valence-electron chi connectivity index (χ1n) is 5.32. The van der Waals surface area contributed by atoms with E-state index in [1.165, 1.54) is 0 Å². The molecule has 1 aromatic rings. The van der Waals surface area contributed by atoms with Crippen molar-refractivity contribution in [3.63, 3.8) is 0 Å². The van der Waals surface area contributed by atoms with E-state index < -0.39 is 5.50 Å². The van der Waals surface area contributed by atoms with E-state index in [0.717, 1.165) is 5.56 Å². The Morgan fingerprint density at radius 3 is 3.11 bits per heavy atom. The number of amides is 1. The summed E-state index contributed by atoms with van der Waals surface area (Å²) in [5.41, 5.74) is 0.626. The molecule has 18 heavy (non-hydrogen) atoms. The van der Waals surface area contributed by atoms with E-state index in [2.05, 4.69) is 22.9 Å². The third-order valence-corrected chi connectivity index (χ3v) is 2.94. The van der Waals surface area contributed by atoms with Crippen LogP contribution in [0.25, 0.3) is 6.08 Å². The molecule has 0 saturated heterocycles. The van der Waals surface area contributed by atoms with Crippen LogP contribution >= 0.6 is 12.6 Å². The second-order valence-electron chi connectivity index (χ2n) is 3.85. The van der Waals surface area contributed by atoms with E-state index in [0.29, 0.717) is 23.0 Å². The molecule has 0 bridgehead atoms. The van der Waals surface area contributed by atoms with E-state index in [-0.39, 0.29) is 5.91 Å². The zero-order valence-electron chi connectivity index (χ0n) is 9.51. The summed E-state index contributed by atoms with van der Waals surface area (Å²) >= 11 is 4.09. The van der Waals surface area contributed by atoms with Crippen LogP contribution in [0.5, 0.6) is 11.5 Å². The lowest BCUT2D eigenvalue weighted by atomic mass is 10.1. The molecule has 3 rings (SSSR count). The van der Waals surface area contributed by atoms with Gasteiger partial charge in [-0.15, -0.1) is 12.6 Å². The Kier molecular flexibility index (Phi) is 2.52. The number of carbonyl (C=O) groups excluding carboxylic acids is 1. The molecule has 0 radical (unpaired) electrons. The Morgan fingerprint density at radius 1 is 1.50 bits per heavy atom. The van der Waals surface area contributed by atoms with Crippen LogP contribution in [-0.2, 0) is 4.79 Å². The van der Waals surface area contributed by atoms with Gasteiger partial charge in [0.05, 0.1) is 7.11 Å². The summed E-state index contributed by atoms with van der Waals surface area (Å²) in [6, 6.07) is 5.38. The molecule has 0 spiro atoms. The van der Waals surface area contributed by atoms with Crippen molar-refractivity contribution < 1.29 is 14.3 Å². The summed E-state index contributed by atoms with van der Waals surface area (Å²) < 4.78 is 10.7. The third kappa shape index (κ3) is 1.74. The average molecular weight is 262 g/mol. The quantitative estimate of drug-likeness (QED) is 0.748. The number of hydrogen-bond donors (Lipinski definition) is 2. The van der Waals surface area contributed by atoms with Crippen molar-refractivity contribution in [1.82, 2.24) is 5.32 Å². The summed E-state index contributed by atoms with van der Waals surface area (Å²) in [6.07, 6.45) is 1.73. The van der Waals surface area contributed by atoms with Gasteiger partial charge in [0.15, 0.2) is 5.50 Å². The van der Waals surface area contributed by atoms with Gasteiger partial charge in [0.1, 0.15) is 17.1 Å². The Morgan fingerprint density at radius 2 is 2.33 bits per heavy atom. The van der Waals surface area contributed by atoms with Crippen LogP contribution in [0.2, 0.25) is 0 Å². The van der Waals surface area contributed by atoms with Crippen LogP contribution in [0, 0.1) is 0 Å². The maximum absolute atomic E-state index is 11.8. The number of aliphatic imine (C=N–C) groups is 1. The first kappa shape index (κ1) is 11.2. The second kappa shape index (κ2) is 4.06. The van der Waals surface area contributed by atoms with E-state index >= 15 is 0 Å². The number of carbonyl (C=O) groups is 1. The van der Waals surface area contributed by atoms with Gasteiger partial charge in [-0.3, -0.25) is 4.79 Å². The maximum atomic E-state index is 11.8. The standard InChI is InChI=1S/C12H10N2O3S/c1-16-7-2-3-9-6(4-7)5-8-10(15)13-12(18)14-11(8)17-9/h2-5,12,18H,1H3,(H,13,15). The fraction of sp³-hybridized carbons (Fsp3) is 0.167. The lowest BCUT2D eigenvalue weighted by Crippen LogP contribution is -2.41. The van der Waals surface area contributed by atoms with Gasteiger partial charge in [0, 0.05) is 5.56 Å². The SMILES string of the molecule is COc1ccc2c(c1)C=C1C(=O)NC(S)N=C1O2. The van der Waals surface area contributed by atoms with E-state index in [4.69, 9.17) is 9.47 Å². The lowest BCUT2D eigenvalue weighted by molar-refractivity contribution is -0.117. The zero-order chi connectivity index (χ0) is 12.7. The van der Waals surface area contributed by atoms with Gasteiger partial charge < -0.3 is 14.8 Å². The molecule has 2 heterocycles. The number of nitrogens with one attached hydrogen (secondary N) is 1. The van der Waals surface area contributed by atoms with Crippen LogP contribution in [0.3, 0.4) is 0 Å². The molecule has 1 amide bonds. The highest BCUT2D eigenvalue weighted by atomic mass is 32.1. The lowest BCUT2D eigenvalue weighted by Gasteiger charge is -2.24. The topological polar surface area (TPSA) is 59.9 Å². The van der Waals surface area contributed by atoms with Crippen molar-refractivity contribution in [2.75, 3.05) is 7.11 Å². The largest absolute Gasteiger partial charge is 0.497 e. The Hall–Kier alpha value is -1.95. The van der Waals surface area contributed by atoms with Gasteiger partial charge >= 0.3 is 0 Å². The Labute approximate surface area is 109 Å². The van der Waals surface area contributed by atoms with Crippen LogP contribution in [0.1, 0.15) is 5.56 Å². The van der Waals surface area contributed by atoms with Crippen molar-refractivity contribution in [1.29, 1.82) is 0 Å². The minimum atomic E-state index is -0.565. The number of methoxy groups -OCH3 is 1. The molecular weight excluding hydrogens is 252 g/mol. The summed E-state index contributed by atoms with van der Waals surface area (Å²) in [6.45, 7) is 0. The molecule has 0 aliphatic carbocycles. The number of nitrogens with zero attached hydrogens (tertiary/aromatic N) is 1. The molecule has 1 aromatic carbocycles. The highest BCUT2D eigenvalue weighted by Gasteiger charge is 2.29. The second-order valence-corrected chi connectivity index (χ2v) is 4.33. The highest BCUT2D eigenvalue weighted by Crippen LogP contribution is 2.32. The number of hydrogen-bond acceptors (Lipinski definition) is 5. The number of fused-ring (bicyclic) bond motifs is 2. The van der Waals surface area contributed by atoms with Gasteiger partial charge in [0.2, 0.25) is 5.90 Å². The summed E-state index contributed by atoms with van der Waals surface area (Å²) in [4.78, 5) is 15.9. The molecule has 1 N–H and O–H groups in total. The first-order valence-corrected chi connectivity index (χ1v) is 5.84. The number of thiol groups is 1. The van der Waals surface area contributed by atoms with Crippen molar-refractivity contribution in [3.8, 4) is 11.5 Å². The van der Waals surface area contributed by atoms with E-state index in [1.807, 2.05) is 0 Å². The first-order chi connectivity index (χ1) is 8.67. The fourth-order valence-electron chi connectivity index (χ4n) is 1.83. The smallest absolute Gasteiger partial charge is 0.259 e. The minimum absolute atomic E-state index is 0.242. The summed E-state index contributed by atoms with van der Waals surface area (Å²) in [5.74, 6) is 1.41. The van der Waals surface area contributed by atoms with E-state index in [1.54, 1.807) is 31.4 Å². The van der Waals surface area contributed by atoms with Crippen molar-refractivity contribution in [3.05, 3.63) is 29.3 Å². The normalized spacial score (nSPS) is 20.8. The fourth-order valence-corrected chi connectivity index (χ4v) is 2.05. The monoisotopic (exact) mass is 262 g/mol. The van der Waals surface area contributed by atoms with Gasteiger partial charge in [-0.05, 0) is 24.3 Å². The predicted octanol–water partition coefficient (Wildman–Crippen LogP) is 1.21. The Bertz CT molecular complexity index is 595. The molecule has 5 nitrogen and oxygen atoms in total. The maximum Gasteiger partial charge on any atom is 0.259 e. The number of benzene rings is 1. The number of rotatable bonds is 1. The van der Waals surface area contributed by atoms with Crippen LogP contribution in [0.4, 0.5) is 0 Å². The molecule has 2 aliphatic heterocycles. The molecule has 1 atom stereocenters. The van der Waals surface area contributed by atoms with E-state index in [9.17, 15) is 4.79 Å². The molecule has 92 valence electrons. The van der Waals surface area contributed by atoms with Gasteiger partial charge in [0.25, 0.3) is 5.91 Å². The molecular formula is C12H10N2O3S. The predicted molar refractivity (Wildman–Crippen MR) is 70.0 cm³/mol. The average Bonchev–Trinajstić information content (AvgIpc) is 2.36. The van der Waals surface area contributed by atoms with Crippen LogP contribution in [-0.4, -0.2) is 24.4 Å².